The first-order valence-electron chi connectivity index (χ1n) is 7.68. The van der Waals surface area contributed by atoms with Crippen LogP contribution in [0.5, 0.6) is 0 Å². The quantitative estimate of drug-likeness (QED) is 0.881. The maximum absolute atomic E-state index is 12.8. The molecule has 24 heavy (non-hydrogen) atoms. The van der Waals surface area contributed by atoms with E-state index in [2.05, 4.69) is 13.2 Å². The van der Waals surface area contributed by atoms with Crippen molar-refractivity contribution < 1.29 is 14.7 Å². The lowest BCUT2D eigenvalue weighted by Gasteiger charge is -2.35. The third kappa shape index (κ3) is 3.44. The summed E-state index contributed by atoms with van der Waals surface area (Å²) in [5.41, 5.74) is 2.47. The summed E-state index contributed by atoms with van der Waals surface area (Å²) in [4.78, 5) is 25.8. The first-order valence-corrected chi connectivity index (χ1v) is 8.06. The van der Waals surface area contributed by atoms with Gasteiger partial charge >= 0.3 is 5.97 Å². The minimum Gasteiger partial charge on any atom is -0.478 e. The van der Waals surface area contributed by atoms with Gasteiger partial charge in [-0.15, -0.1) is 0 Å². The number of hydrogen-bond donors (Lipinski definition) is 1. The number of carboxylic acid groups (broad SMARTS) is 1. The van der Waals surface area contributed by atoms with Crippen LogP contribution in [0.1, 0.15) is 29.3 Å². The Hall–Kier alpha value is -2.33. The zero-order chi connectivity index (χ0) is 17.9. The number of nitrogens with zero attached hydrogens (tertiary/aromatic N) is 1. The Morgan fingerprint density at radius 1 is 1.38 bits per heavy atom. The van der Waals surface area contributed by atoms with Crippen LogP contribution in [0, 0.1) is 0 Å². The zero-order valence-corrected chi connectivity index (χ0v) is 14.3. The molecule has 0 aromatic heterocycles. The van der Waals surface area contributed by atoms with Crippen molar-refractivity contribution in [2.24, 2.45) is 0 Å². The Morgan fingerprint density at radius 3 is 2.67 bits per heavy atom. The Bertz CT molecular complexity index is 736. The highest BCUT2D eigenvalue weighted by Gasteiger charge is 2.28. The lowest BCUT2D eigenvalue weighted by molar-refractivity contribution is -0.132. The number of benzene rings is 1. The predicted octanol–water partition coefficient (Wildman–Crippen LogP) is 3.87. The van der Waals surface area contributed by atoms with Crippen LogP contribution in [0.4, 0.5) is 0 Å². The van der Waals surface area contributed by atoms with Crippen LogP contribution in [0.2, 0.25) is 5.02 Å². The number of hydrogen-bond acceptors (Lipinski definition) is 2. The van der Waals surface area contributed by atoms with Gasteiger partial charge in [-0.1, -0.05) is 43.0 Å². The van der Waals surface area contributed by atoms with E-state index in [1.165, 1.54) is 6.07 Å². The highest BCUT2D eigenvalue weighted by atomic mass is 35.5. The molecule has 1 unspecified atom stereocenters. The largest absolute Gasteiger partial charge is 0.478 e. The monoisotopic (exact) mass is 345 g/mol. The van der Waals surface area contributed by atoms with Gasteiger partial charge in [0.05, 0.1) is 18.0 Å². The number of aromatic carboxylic acids is 1. The third-order valence-corrected chi connectivity index (χ3v) is 4.73. The maximum atomic E-state index is 12.8. The Labute approximate surface area is 146 Å². The number of carbonyl (C=O) groups is 2. The molecule has 4 nitrogen and oxygen atoms in total. The third-order valence-electron chi connectivity index (χ3n) is 4.37. The van der Waals surface area contributed by atoms with Gasteiger partial charge in [0.15, 0.2) is 0 Å². The summed E-state index contributed by atoms with van der Waals surface area (Å²) in [6, 6.07) is 4.49. The first kappa shape index (κ1) is 18.0. The molecular formula is C19H20ClNO3. The van der Waals surface area contributed by atoms with Crippen LogP contribution >= 0.6 is 11.6 Å². The number of allylic oxidation sites excluding steroid dienone is 1. The molecule has 1 aliphatic heterocycles. The standard InChI is InChI=1S/C19H20ClNO3/c1-4-13-9-10-21(12(3)14(13)5-2)18(22)11-16-15(19(23)24)7-6-8-17(16)20/h4-8,12H,1-2,9-11H2,3H3,(H,23,24). The average molecular weight is 346 g/mol. The van der Waals surface area contributed by atoms with Gasteiger partial charge in [0.25, 0.3) is 0 Å². The van der Waals surface area contributed by atoms with Gasteiger partial charge in [-0.05, 0) is 42.2 Å². The zero-order valence-electron chi connectivity index (χ0n) is 13.6. The highest BCUT2D eigenvalue weighted by molar-refractivity contribution is 6.32. The number of rotatable bonds is 5. The second-order valence-corrected chi connectivity index (χ2v) is 6.06. The average Bonchev–Trinajstić information content (AvgIpc) is 2.55. The van der Waals surface area contributed by atoms with E-state index < -0.39 is 5.97 Å². The van der Waals surface area contributed by atoms with E-state index in [-0.39, 0.29) is 23.9 Å². The van der Waals surface area contributed by atoms with E-state index in [9.17, 15) is 14.7 Å². The van der Waals surface area contributed by atoms with Gasteiger partial charge < -0.3 is 10.0 Å². The van der Waals surface area contributed by atoms with E-state index in [4.69, 9.17) is 11.6 Å². The normalized spacial score (nSPS) is 17.6. The maximum Gasteiger partial charge on any atom is 0.336 e. The highest BCUT2D eigenvalue weighted by Crippen LogP contribution is 2.27. The molecule has 0 radical (unpaired) electrons. The van der Waals surface area contributed by atoms with E-state index in [1.54, 1.807) is 29.2 Å². The van der Waals surface area contributed by atoms with Crippen molar-refractivity contribution >= 4 is 23.5 Å². The van der Waals surface area contributed by atoms with Crippen molar-refractivity contribution in [3.05, 3.63) is 70.8 Å². The summed E-state index contributed by atoms with van der Waals surface area (Å²) in [5, 5.41) is 9.59. The molecule has 1 heterocycles. The van der Waals surface area contributed by atoms with Gasteiger partial charge in [0.1, 0.15) is 0 Å². The second kappa shape index (κ2) is 7.49. The molecular weight excluding hydrogens is 326 g/mol. The molecule has 0 fully saturated rings. The summed E-state index contributed by atoms with van der Waals surface area (Å²) in [7, 11) is 0. The summed E-state index contributed by atoms with van der Waals surface area (Å²) in [6.45, 7) is 10.1. The SMILES string of the molecule is C=CC1=C(C=C)C(C)N(C(=O)Cc2c(Cl)cccc2C(=O)O)CC1. The van der Waals surface area contributed by atoms with Crippen LogP contribution in [0.25, 0.3) is 0 Å². The molecule has 0 spiro atoms. The molecule has 1 amide bonds. The van der Waals surface area contributed by atoms with Crippen molar-refractivity contribution in [3.8, 4) is 0 Å². The van der Waals surface area contributed by atoms with E-state index in [0.717, 1.165) is 11.1 Å². The van der Waals surface area contributed by atoms with Crippen molar-refractivity contribution in [3.63, 3.8) is 0 Å². The second-order valence-electron chi connectivity index (χ2n) is 5.65. The topological polar surface area (TPSA) is 57.6 Å². The smallest absolute Gasteiger partial charge is 0.336 e. The van der Waals surface area contributed by atoms with Gasteiger partial charge in [0, 0.05) is 11.6 Å². The molecule has 0 saturated carbocycles. The number of amides is 1. The summed E-state index contributed by atoms with van der Waals surface area (Å²) < 4.78 is 0. The van der Waals surface area contributed by atoms with Crippen LogP contribution < -0.4 is 0 Å². The number of carboxylic acids is 1. The van der Waals surface area contributed by atoms with Crippen LogP contribution in [-0.4, -0.2) is 34.5 Å². The van der Waals surface area contributed by atoms with Gasteiger partial charge in [-0.3, -0.25) is 4.79 Å². The molecule has 1 N–H and O–H groups in total. The van der Waals surface area contributed by atoms with E-state index >= 15 is 0 Å². The molecule has 1 aromatic rings. The Kier molecular flexibility index (Phi) is 5.62. The predicted molar refractivity (Wildman–Crippen MR) is 95.3 cm³/mol. The van der Waals surface area contributed by atoms with Crippen LogP contribution in [0.15, 0.2) is 54.7 Å². The van der Waals surface area contributed by atoms with Crippen molar-refractivity contribution in [2.45, 2.75) is 25.8 Å². The Morgan fingerprint density at radius 2 is 2.08 bits per heavy atom. The number of carbonyl (C=O) groups excluding carboxylic acids is 1. The molecule has 0 aliphatic carbocycles. The summed E-state index contributed by atoms with van der Waals surface area (Å²) in [5.74, 6) is -1.24. The molecule has 0 bridgehead atoms. The van der Waals surface area contributed by atoms with Crippen LogP contribution in [-0.2, 0) is 11.2 Å². The minimum atomic E-state index is -1.09. The lowest BCUT2D eigenvalue weighted by Crippen LogP contribution is -2.44. The Balaban J connectivity index is 2.29. The fourth-order valence-corrected chi connectivity index (χ4v) is 3.31. The molecule has 2 rings (SSSR count). The number of halogens is 1. The molecule has 1 atom stereocenters. The van der Waals surface area contributed by atoms with Crippen molar-refractivity contribution in [2.75, 3.05) is 6.54 Å². The van der Waals surface area contributed by atoms with E-state index in [1.807, 2.05) is 6.92 Å². The van der Waals surface area contributed by atoms with Gasteiger partial charge in [-0.25, -0.2) is 4.79 Å². The molecule has 1 aromatic carbocycles. The summed E-state index contributed by atoms with van der Waals surface area (Å²) >= 11 is 6.12. The minimum absolute atomic E-state index is 0.0422. The fraction of sp³-hybridized carbons (Fsp3) is 0.263. The van der Waals surface area contributed by atoms with Crippen LogP contribution in [0.3, 0.4) is 0 Å². The lowest BCUT2D eigenvalue weighted by atomic mass is 9.92. The first-order chi connectivity index (χ1) is 11.4. The molecule has 1 aliphatic rings. The van der Waals surface area contributed by atoms with Crippen molar-refractivity contribution in [1.29, 1.82) is 0 Å². The van der Waals surface area contributed by atoms with Crippen molar-refractivity contribution in [1.82, 2.24) is 4.90 Å². The molecule has 0 saturated heterocycles. The van der Waals surface area contributed by atoms with Gasteiger partial charge in [0.2, 0.25) is 5.91 Å². The summed E-state index contributed by atoms with van der Waals surface area (Å²) in [6.07, 6.45) is 4.21. The van der Waals surface area contributed by atoms with E-state index in [0.29, 0.717) is 23.6 Å². The molecule has 126 valence electrons. The van der Waals surface area contributed by atoms with Gasteiger partial charge in [-0.2, -0.15) is 0 Å². The fourth-order valence-electron chi connectivity index (χ4n) is 3.07. The molecule has 5 heteroatoms.